The van der Waals surface area contributed by atoms with Crippen LogP contribution in [-0.2, 0) is 4.74 Å². The molecule has 2 aromatic rings. The van der Waals surface area contributed by atoms with Gasteiger partial charge in [0, 0.05) is 12.0 Å². The van der Waals surface area contributed by atoms with Gasteiger partial charge in [-0.15, -0.1) is 0 Å². The normalized spacial score (nSPS) is 10.1. The Bertz CT molecular complexity index is 566. The van der Waals surface area contributed by atoms with E-state index in [1.807, 2.05) is 43.3 Å². The number of hydrogen-bond donors (Lipinski definition) is 1. The van der Waals surface area contributed by atoms with Crippen molar-refractivity contribution in [2.24, 2.45) is 0 Å². The summed E-state index contributed by atoms with van der Waals surface area (Å²) in [7, 11) is 0. The molecule has 2 aromatic carbocycles. The molecule has 0 bridgehead atoms. The molecule has 0 amide bonds. The third-order valence-electron chi connectivity index (χ3n) is 3.10. The highest BCUT2D eigenvalue weighted by molar-refractivity contribution is 5.72. The smallest absolute Gasteiger partial charge is 0.180 e. The molecule has 0 fully saturated rings. The molecule has 3 heteroatoms. The van der Waals surface area contributed by atoms with Gasteiger partial charge in [-0.2, -0.15) is 0 Å². The molecule has 0 aliphatic heterocycles. The zero-order valence-electron chi connectivity index (χ0n) is 12.3. The van der Waals surface area contributed by atoms with Crippen molar-refractivity contribution in [2.45, 2.75) is 19.8 Å². The first-order chi connectivity index (χ1) is 10.3. The molecule has 0 saturated carbocycles. The first-order valence-corrected chi connectivity index (χ1v) is 7.28. The van der Waals surface area contributed by atoms with Crippen LogP contribution >= 0.6 is 0 Å². The first kappa shape index (κ1) is 15.1. The average molecular weight is 283 g/mol. The second-order valence-corrected chi connectivity index (χ2v) is 4.67. The first-order valence-electron chi connectivity index (χ1n) is 7.28. The highest BCUT2D eigenvalue weighted by Crippen LogP contribution is 2.29. The number of ether oxygens (including phenoxy) is 2. The number of hydrogen-bond acceptors (Lipinski definition) is 3. The van der Waals surface area contributed by atoms with Crippen LogP contribution in [0.15, 0.2) is 54.6 Å². The molecule has 0 atom stereocenters. The lowest BCUT2D eigenvalue weighted by atomic mass is 10.1. The lowest BCUT2D eigenvalue weighted by molar-refractivity contribution is 0.290. The van der Waals surface area contributed by atoms with E-state index in [0.29, 0.717) is 25.5 Å². The Morgan fingerprint density at radius 3 is 2.48 bits per heavy atom. The summed E-state index contributed by atoms with van der Waals surface area (Å²) in [6.45, 7) is 3.02. The van der Waals surface area contributed by atoms with Crippen LogP contribution in [0.5, 0.6) is 5.75 Å². The van der Waals surface area contributed by atoms with E-state index in [4.69, 9.17) is 14.9 Å². The van der Waals surface area contributed by atoms with Crippen molar-refractivity contribution in [3.8, 4) is 16.9 Å². The number of rotatable bonds is 7. The largest absolute Gasteiger partial charge is 0.493 e. The molecule has 0 unspecified atom stereocenters. The molecule has 0 aliphatic rings. The van der Waals surface area contributed by atoms with Gasteiger partial charge in [0.2, 0.25) is 0 Å². The number of benzene rings is 2. The molecule has 0 spiro atoms. The topological polar surface area (TPSA) is 42.3 Å². The quantitative estimate of drug-likeness (QED) is 0.461. The van der Waals surface area contributed by atoms with Crippen LogP contribution < -0.4 is 4.74 Å². The van der Waals surface area contributed by atoms with Crippen LogP contribution in [-0.4, -0.2) is 19.1 Å². The van der Waals surface area contributed by atoms with E-state index < -0.39 is 0 Å². The monoisotopic (exact) mass is 283 g/mol. The van der Waals surface area contributed by atoms with Gasteiger partial charge < -0.3 is 9.47 Å². The van der Waals surface area contributed by atoms with Crippen LogP contribution in [0.1, 0.15) is 19.8 Å². The lowest BCUT2D eigenvalue weighted by Crippen LogP contribution is -2.06. The predicted molar refractivity (Wildman–Crippen MR) is 86.0 cm³/mol. The molecule has 110 valence electrons. The molecular weight excluding hydrogens is 262 g/mol. The minimum Gasteiger partial charge on any atom is -0.493 e. The number of nitrogens with one attached hydrogen (secondary N) is 1. The van der Waals surface area contributed by atoms with Crippen LogP contribution in [0.3, 0.4) is 0 Å². The van der Waals surface area contributed by atoms with Crippen LogP contribution in [0.25, 0.3) is 11.1 Å². The molecule has 0 aromatic heterocycles. The van der Waals surface area contributed by atoms with Crippen molar-refractivity contribution in [3.05, 3.63) is 54.6 Å². The summed E-state index contributed by atoms with van der Waals surface area (Å²) < 4.78 is 11.0. The summed E-state index contributed by atoms with van der Waals surface area (Å²) in [6, 6.07) is 18.2. The van der Waals surface area contributed by atoms with Gasteiger partial charge in [0.05, 0.1) is 13.2 Å². The maximum Gasteiger partial charge on any atom is 0.180 e. The van der Waals surface area contributed by atoms with Gasteiger partial charge in [-0.1, -0.05) is 48.5 Å². The van der Waals surface area contributed by atoms with E-state index in [-0.39, 0.29) is 0 Å². The fourth-order valence-electron chi connectivity index (χ4n) is 2.11. The second-order valence-electron chi connectivity index (χ2n) is 4.67. The Balaban J connectivity index is 1.94. The van der Waals surface area contributed by atoms with Crippen LogP contribution in [0, 0.1) is 5.41 Å². The van der Waals surface area contributed by atoms with Crippen molar-refractivity contribution >= 4 is 5.90 Å². The summed E-state index contributed by atoms with van der Waals surface area (Å²) in [6.07, 6.45) is 1.39. The molecule has 0 saturated heterocycles. The minimum atomic E-state index is 0.331. The molecule has 3 nitrogen and oxygen atoms in total. The van der Waals surface area contributed by atoms with Gasteiger partial charge in [-0.25, -0.2) is 0 Å². The standard InChI is InChI=1S/C18H21NO2/c1-2-20-18(19)13-8-14-21-17-12-7-6-11-16(17)15-9-4-3-5-10-15/h3-7,9-12,19H,2,8,13-14H2,1H3. The zero-order valence-corrected chi connectivity index (χ0v) is 12.3. The average Bonchev–Trinajstić information content (AvgIpc) is 2.53. The van der Waals surface area contributed by atoms with E-state index in [1.165, 1.54) is 0 Å². The van der Waals surface area contributed by atoms with Crippen molar-refractivity contribution < 1.29 is 9.47 Å². The van der Waals surface area contributed by atoms with Gasteiger partial charge in [0.1, 0.15) is 5.75 Å². The second kappa shape index (κ2) is 8.10. The highest BCUT2D eigenvalue weighted by Gasteiger charge is 2.05. The minimum absolute atomic E-state index is 0.331. The molecular formula is C18H21NO2. The summed E-state index contributed by atoms with van der Waals surface area (Å²) in [5.74, 6) is 1.21. The summed E-state index contributed by atoms with van der Waals surface area (Å²) in [5, 5.41) is 7.57. The molecule has 2 rings (SSSR count). The van der Waals surface area contributed by atoms with E-state index >= 15 is 0 Å². The molecule has 0 heterocycles. The fourth-order valence-corrected chi connectivity index (χ4v) is 2.11. The Hall–Kier alpha value is -2.29. The third-order valence-corrected chi connectivity index (χ3v) is 3.10. The van der Waals surface area contributed by atoms with Crippen molar-refractivity contribution in [1.82, 2.24) is 0 Å². The fraction of sp³-hybridized carbons (Fsp3) is 0.278. The van der Waals surface area contributed by atoms with Gasteiger partial charge in [-0.3, -0.25) is 5.41 Å². The van der Waals surface area contributed by atoms with Gasteiger partial charge >= 0.3 is 0 Å². The summed E-state index contributed by atoms with van der Waals surface area (Å²) in [5.41, 5.74) is 2.24. The van der Waals surface area contributed by atoms with Crippen molar-refractivity contribution in [1.29, 1.82) is 5.41 Å². The van der Waals surface area contributed by atoms with Gasteiger partial charge in [0.15, 0.2) is 5.90 Å². The van der Waals surface area contributed by atoms with Crippen molar-refractivity contribution in [2.75, 3.05) is 13.2 Å². The summed E-state index contributed by atoms with van der Waals surface area (Å²) >= 11 is 0. The van der Waals surface area contributed by atoms with Crippen molar-refractivity contribution in [3.63, 3.8) is 0 Å². The SMILES string of the molecule is CCOC(=N)CCCOc1ccccc1-c1ccccc1. The van der Waals surface area contributed by atoms with Crippen LogP contribution in [0.2, 0.25) is 0 Å². The molecule has 1 N–H and O–H groups in total. The predicted octanol–water partition coefficient (Wildman–Crippen LogP) is 4.53. The molecule has 21 heavy (non-hydrogen) atoms. The number of para-hydroxylation sites is 1. The van der Waals surface area contributed by atoms with E-state index in [2.05, 4.69) is 18.2 Å². The zero-order chi connectivity index (χ0) is 14.9. The van der Waals surface area contributed by atoms with E-state index in [9.17, 15) is 0 Å². The van der Waals surface area contributed by atoms with E-state index in [1.54, 1.807) is 0 Å². The maximum absolute atomic E-state index is 7.57. The maximum atomic E-state index is 7.57. The lowest BCUT2D eigenvalue weighted by Gasteiger charge is -2.12. The summed E-state index contributed by atoms with van der Waals surface area (Å²) in [4.78, 5) is 0. The highest BCUT2D eigenvalue weighted by atomic mass is 16.5. The Morgan fingerprint density at radius 1 is 1.00 bits per heavy atom. The molecule has 0 aliphatic carbocycles. The molecule has 0 radical (unpaired) electrons. The van der Waals surface area contributed by atoms with Gasteiger partial charge in [0.25, 0.3) is 0 Å². The third kappa shape index (κ3) is 4.63. The van der Waals surface area contributed by atoms with Crippen LogP contribution in [0.4, 0.5) is 0 Å². The van der Waals surface area contributed by atoms with E-state index in [0.717, 1.165) is 23.3 Å². The Kier molecular flexibility index (Phi) is 5.83. The Morgan fingerprint density at radius 2 is 1.71 bits per heavy atom. The van der Waals surface area contributed by atoms with Gasteiger partial charge in [-0.05, 0) is 25.0 Å². The Labute approximate surface area is 126 Å².